The van der Waals surface area contributed by atoms with E-state index in [9.17, 15) is 0 Å². The zero-order valence-electron chi connectivity index (χ0n) is 17.7. The Morgan fingerprint density at radius 1 is 0.731 bits per heavy atom. The van der Waals surface area contributed by atoms with Crippen molar-refractivity contribution in [3.8, 4) is 0 Å². The molecule has 0 saturated heterocycles. The zero-order valence-corrected chi connectivity index (χ0v) is 21.4. The first-order chi connectivity index (χ1) is 12.5. The lowest BCUT2D eigenvalue weighted by Gasteiger charge is -2.28. The molecule has 0 aromatic rings. The summed E-state index contributed by atoms with van der Waals surface area (Å²) in [6, 6.07) is 0.812. The van der Waals surface area contributed by atoms with Crippen molar-refractivity contribution < 1.29 is 27.5 Å². The van der Waals surface area contributed by atoms with Crippen LogP contribution in [0.4, 0.5) is 0 Å². The van der Waals surface area contributed by atoms with Gasteiger partial charge in [-0.2, -0.15) is 0 Å². The monoisotopic (exact) mass is 430 g/mol. The molecule has 0 amide bonds. The SMILES string of the molecule is CCOC([SiH3])=C(OCC)OCC.CCO[Si](CCCCl)(OCC)OCC. The van der Waals surface area contributed by atoms with Gasteiger partial charge in [0, 0.05) is 31.7 Å². The largest absolute Gasteiger partial charge is 0.500 e. The van der Waals surface area contributed by atoms with Gasteiger partial charge in [-0.25, -0.2) is 0 Å². The molecule has 0 rings (SSSR count). The molecule has 0 radical (unpaired) electrons. The maximum atomic E-state index is 5.66. The van der Waals surface area contributed by atoms with Crippen LogP contribution in [0.2, 0.25) is 6.04 Å². The Balaban J connectivity index is 0. The highest BCUT2D eigenvalue weighted by Crippen LogP contribution is 2.18. The van der Waals surface area contributed by atoms with E-state index < -0.39 is 8.80 Å². The molecule has 0 N–H and O–H groups in total. The van der Waals surface area contributed by atoms with E-state index in [1.165, 1.54) is 0 Å². The fourth-order valence-electron chi connectivity index (χ4n) is 2.07. The Hall–Kier alpha value is -0.256. The number of halogens is 1. The van der Waals surface area contributed by atoms with Gasteiger partial charge in [0.25, 0.3) is 0 Å². The van der Waals surface area contributed by atoms with Gasteiger partial charge < -0.3 is 27.5 Å². The maximum Gasteiger partial charge on any atom is 0.500 e. The predicted molar refractivity (Wildman–Crippen MR) is 113 cm³/mol. The summed E-state index contributed by atoms with van der Waals surface area (Å²) in [5.41, 5.74) is 0. The first kappa shape index (κ1) is 28.0. The van der Waals surface area contributed by atoms with Crippen LogP contribution in [0, 0.1) is 0 Å². The molecule has 0 fully saturated rings. The highest BCUT2D eigenvalue weighted by Gasteiger charge is 2.39. The van der Waals surface area contributed by atoms with E-state index in [1.54, 1.807) is 0 Å². The molecule has 26 heavy (non-hydrogen) atoms. The normalized spacial score (nSPS) is 10.7. The molecule has 6 nitrogen and oxygen atoms in total. The van der Waals surface area contributed by atoms with Crippen LogP contribution in [0.3, 0.4) is 0 Å². The number of hydrogen-bond donors (Lipinski definition) is 0. The van der Waals surface area contributed by atoms with E-state index in [0.29, 0.717) is 51.5 Å². The molecule has 0 bridgehead atoms. The average molecular weight is 431 g/mol. The minimum Gasteiger partial charge on any atom is -0.497 e. The topological polar surface area (TPSA) is 55.4 Å². The Bertz CT molecular complexity index is 320. The van der Waals surface area contributed by atoms with Crippen LogP contribution < -0.4 is 0 Å². The molecular weight excluding hydrogens is 392 g/mol. The van der Waals surface area contributed by atoms with E-state index in [2.05, 4.69) is 0 Å². The van der Waals surface area contributed by atoms with Crippen molar-refractivity contribution in [2.24, 2.45) is 0 Å². The molecule has 0 spiro atoms. The fraction of sp³-hybridized carbons (Fsp3) is 0.882. The van der Waals surface area contributed by atoms with Crippen LogP contribution in [0.5, 0.6) is 0 Å². The molecular formula is C17H39ClO6Si2. The summed E-state index contributed by atoms with van der Waals surface area (Å²) in [7, 11) is -1.58. The first-order valence-electron chi connectivity index (χ1n) is 9.57. The lowest BCUT2D eigenvalue weighted by atomic mass is 10.6. The van der Waals surface area contributed by atoms with Crippen LogP contribution in [0.15, 0.2) is 11.3 Å². The van der Waals surface area contributed by atoms with Crippen molar-refractivity contribution in [3.63, 3.8) is 0 Å². The van der Waals surface area contributed by atoms with E-state index in [0.717, 1.165) is 28.1 Å². The van der Waals surface area contributed by atoms with Crippen molar-refractivity contribution in [1.82, 2.24) is 0 Å². The highest BCUT2D eigenvalue weighted by molar-refractivity contribution is 6.60. The van der Waals surface area contributed by atoms with Crippen molar-refractivity contribution in [3.05, 3.63) is 11.3 Å². The second kappa shape index (κ2) is 19.5. The van der Waals surface area contributed by atoms with Gasteiger partial charge in [0.2, 0.25) is 0 Å². The predicted octanol–water partition coefficient (Wildman–Crippen LogP) is 3.25. The smallest absolute Gasteiger partial charge is 0.497 e. The number of alkyl halides is 1. The van der Waals surface area contributed by atoms with Gasteiger partial charge in [0.15, 0.2) is 0 Å². The minimum absolute atomic E-state index is 0.563. The minimum atomic E-state index is -2.40. The molecule has 9 heteroatoms. The van der Waals surface area contributed by atoms with Crippen molar-refractivity contribution in [2.75, 3.05) is 45.5 Å². The van der Waals surface area contributed by atoms with Crippen LogP contribution in [0.25, 0.3) is 0 Å². The molecule has 0 aliphatic carbocycles. The molecule has 158 valence electrons. The fourth-order valence-corrected chi connectivity index (χ4v) is 5.61. The molecule has 0 unspecified atom stereocenters. The van der Waals surface area contributed by atoms with E-state index in [-0.39, 0.29) is 0 Å². The Morgan fingerprint density at radius 2 is 1.15 bits per heavy atom. The molecule has 0 aromatic heterocycles. The Labute approximate surface area is 169 Å². The second-order valence-corrected chi connectivity index (χ2v) is 8.94. The van der Waals surface area contributed by atoms with Gasteiger partial charge in [0.05, 0.1) is 30.1 Å². The van der Waals surface area contributed by atoms with Crippen molar-refractivity contribution in [1.29, 1.82) is 0 Å². The summed E-state index contributed by atoms with van der Waals surface area (Å²) in [6.07, 6.45) is 0.883. The van der Waals surface area contributed by atoms with E-state index >= 15 is 0 Å². The van der Waals surface area contributed by atoms with E-state index in [1.807, 2.05) is 41.5 Å². The third kappa shape index (κ3) is 13.9. The van der Waals surface area contributed by atoms with Crippen LogP contribution >= 0.6 is 11.6 Å². The first-order valence-corrected chi connectivity index (χ1v) is 13.0. The van der Waals surface area contributed by atoms with Crippen molar-refractivity contribution >= 4 is 30.6 Å². The summed E-state index contributed by atoms with van der Waals surface area (Å²) in [5.74, 6) is 1.19. The van der Waals surface area contributed by atoms with Gasteiger partial charge in [-0.05, 0) is 48.0 Å². The van der Waals surface area contributed by atoms with Crippen molar-refractivity contribution in [2.45, 2.75) is 54.0 Å². The van der Waals surface area contributed by atoms with Crippen LogP contribution in [-0.2, 0) is 27.5 Å². The lowest BCUT2D eigenvalue weighted by Crippen LogP contribution is -2.46. The van der Waals surface area contributed by atoms with Gasteiger partial charge in [-0.3, -0.25) is 0 Å². The quantitative estimate of drug-likeness (QED) is 0.226. The van der Waals surface area contributed by atoms with Crippen LogP contribution in [0.1, 0.15) is 48.0 Å². The highest BCUT2D eigenvalue weighted by atomic mass is 35.5. The summed E-state index contributed by atoms with van der Waals surface area (Å²) >= 11 is 5.66. The molecule has 0 saturated carbocycles. The van der Waals surface area contributed by atoms with Gasteiger partial charge in [-0.1, -0.05) is 0 Å². The van der Waals surface area contributed by atoms with E-state index in [4.69, 9.17) is 39.1 Å². The third-order valence-corrected chi connectivity index (χ3v) is 7.02. The average Bonchev–Trinajstić information content (AvgIpc) is 2.61. The summed E-state index contributed by atoms with van der Waals surface area (Å²) < 4.78 is 32.8. The Morgan fingerprint density at radius 3 is 1.46 bits per heavy atom. The van der Waals surface area contributed by atoms with Crippen LogP contribution in [-0.4, -0.2) is 64.6 Å². The maximum absolute atomic E-state index is 5.66. The lowest BCUT2D eigenvalue weighted by molar-refractivity contribution is 0.0288. The van der Waals surface area contributed by atoms with Gasteiger partial charge >= 0.3 is 14.7 Å². The standard InChI is InChI=1S/C9H21ClO3Si.C8H18O3Si/c1-4-11-14(12-5-2,13-6-3)9-7-8-10;1-4-9-7(10-5-2)8(12)11-6-3/h4-9H2,1-3H3;4-6H2,1-3,12H3. The summed E-state index contributed by atoms with van der Waals surface area (Å²) in [5, 5.41) is 0.848. The third-order valence-electron chi connectivity index (χ3n) is 2.91. The summed E-state index contributed by atoms with van der Waals surface area (Å²) in [4.78, 5) is 0. The molecule has 0 heterocycles. The number of ether oxygens (including phenoxy) is 3. The Kier molecular flexibility index (Phi) is 21.0. The zero-order chi connectivity index (χ0) is 20.3. The second-order valence-electron chi connectivity index (χ2n) is 4.92. The molecule has 0 aromatic carbocycles. The van der Waals surface area contributed by atoms with Gasteiger partial charge in [0.1, 0.15) is 5.38 Å². The van der Waals surface area contributed by atoms with Gasteiger partial charge in [-0.15, -0.1) is 11.6 Å². The number of hydrogen-bond acceptors (Lipinski definition) is 6. The molecule has 0 atom stereocenters. The molecule has 0 aliphatic rings. The summed E-state index contributed by atoms with van der Waals surface area (Å²) in [6.45, 7) is 15.5. The molecule has 0 aliphatic heterocycles. The number of rotatable bonds is 15.